The average molecular weight is 895 g/mol. The van der Waals surface area contributed by atoms with Gasteiger partial charge in [-0.3, -0.25) is 0 Å². The fourth-order valence-electron chi connectivity index (χ4n) is 11.2. The van der Waals surface area contributed by atoms with Crippen molar-refractivity contribution in [2.45, 2.75) is 0 Å². The highest BCUT2D eigenvalue weighted by molar-refractivity contribution is 7.20. The zero-order valence-electron chi connectivity index (χ0n) is 38.0. The van der Waals surface area contributed by atoms with Crippen LogP contribution in [0.2, 0.25) is 0 Å². The molecule has 0 saturated carbocycles. The molecule has 0 aliphatic heterocycles. The Bertz CT molecular complexity index is 3820. The van der Waals surface area contributed by atoms with Crippen molar-refractivity contribution >= 4 is 72.4 Å². The van der Waals surface area contributed by atoms with Gasteiger partial charge >= 0.3 is 0 Å². The van der Waals surface area contributed by atoms with Crippen LogP contribution in [-0.4, -0.2) is 17.2 Å². The summed E-state index contributed by atoms with van der Waals surface area (Å²) in [6, 6.07) is 104. The van der Waals surface area contributed by atoms with E-state index >= 15 is 0 Å². The quantitative estimate of drug-likeness (QED) is 0.101. The Balaban J connectivity index is 1.17. The number of rotatable bonds is 9. The van der Waals surface area contributed by atoms with E-state index in [1.165, 1.54) is 92.2 Å². The predicted octanol–water partition coefficient (Wildman–Crippen LogP) is 14.3. The van der Waals surface area contributed by atoms with Crippen molar-refractivity contribution in [2.24, 2.45) is 0 Å². The molecular weight excluding hydrogens is 849 g/mol. The van der Waals surface area contributed by atoms with Crippen LogP contribution in [0.25, 0.3) is 88.4 Å². The van der Waals surface area contributed by atoms with E-state index in [9.17, 15) is 0 Å². The summed E-state index contributed by atoms with van der Waals surface area (Å²) in [5.74, 6) is 0. The number of para-hydroxylation sites is 3. The first-order valence-corrected chi connectivity index (χ1v) is 25.8. The van der Waals surface area contributed by atoms with Crippen molar-refractivity contribution in [3.8, 4) is 44.8 Å². The van der Waals surface area contributed by atoms with Gasteiger partial charge in [0.15, 0.2) is 8.07 Å². The summed E-state index contributed by atoms with van der Waals surface area (Å²) in [4.78, 5) is 0. The second-order valence-corrected chi connectivity index (χ2v) is 21.8. The number of aromatic nitrogens is 2. The van der Waals surface area contributed by atoms with Gasteiger partial charge in [0.2, 0.25) is 0 Å². The first kappa shape index (κ1) is 40.5. The predicted molar refractivity (Wildman–Crippen MR) is 295 cm³/mol. The number of nitrogens with zero attached hydrogens (tertiary/aromatic N) is 2. The molecular formula is C66H46N2Si. The van der Waals surface area contributed by atoms with Crippen LogP contribution in [-0.2, 0) is 0 Å². The lowest BCUT2D eigenvalue weighted by Crippen LogP contribution is -2.74. The van der Waals surface area contributed by atoms with Gasteiger partial charge in [0, 0.05) is 38.4 Å². The van der Waals surface area contributed by atoms with Gasteiger partial charge in [0.25, 0.3) is 0 Å². The Kier molecular flexibility index (Phi) is 9.88. The monoisotopic (exact) mass is 894 g/mol. The van der Waals surface area contributed by atoms with Gasteiger partial charge < -0.3 is 9.13 Å². The standard InChI is InChI=1S/C66H46N2Si/c1-6-22-47(23-7-1)48-38-41-54(42-39-48)69(52-28-12-4-13-29-52,53-30-14-5-15-31-53)55-45-60(49-24-8-2-9-25-49)66(61(46-55)50-26-10-3-11-27-50)68-64-37-21-18-34-58(64)59-43-40-51(44-65(59)68)67-62-35-19-16-32-56(62)57-33-17-20-36-63(57)67/h1-46H. The van der Waals surface area contributed by atoms with E-state index in [0.717, 1.165) is 16.9 Å². The maximum absolute atomic E-state index is 3.08. The minimum atomic E-state index is -3.08. The maximum Gasteiger partial charge on any atom is 0.179 e. The molecule has 0 saturated heterocycles. The highest BCUT2D eigenvalue weighted by Gasteiger charge is 2.42. The molecule has 0 aliphatic rings. The fraction of sp³-hybridized carbons (Fsp3) is 0. The van der Waals surface area contributed by atoms with Gasteiger partial charge in [-0.1, -0.05) is 249 Å². The largest absolute Gasteiger partial charge is 0.309 e. The highest BCUT2D eigenvalue weighted by atomic mass is 28.3. The topological polar surface area (TPSA) is 9.86 Å². The maximum atomic E-state index is 2.57. The lowest BCUT2D eigenvalue weighted by molar-refractivity contribution is 1.16. The Hall–Kier alpha value is -8.76. The lowest BCUT2D eigenvalue weighted by atomic mass is 9.95. The molecule has 0 fully saturated rings. The van der Waals surface area contributed by atoms with Crippen LogP contribution in [0.3, 0.4) is 0 Å². The second kappa shape index (κ2) is 16.8. The number of hydrogen-bond donors (Lipinski definition) is 0. The molecule has 324 valence electrons. The third-order valence-corrected chi connectivity index (χ3v) is 19.0. The van der Waals surface area contributed by atoms with Crippen molar-refractivity contribution in [1.82, 2.24) is 9.13 Å². The summed E-state index contributed by atoms with van der Waals surface area (Å²) in [5, 5.41) is 10.3. The van der Waals surface area contributed by atoms with Crippen LogP contribution >= 0.6 is 0 Å². The van der Waals surface area contributed by atoms with Crippen LogP contribution < -0.4 is 20.7 Å². The third kappa shape index (κ3) is 6.62. The van der Waals surface area contributed by atoms with E-state index in [4.69, 9.17) is 0 Å². The van der Waals surface area contributed by atoms with E-state index in [1.54, 1.807) is 0 Å². The van der Waals surface area contributed by atoms with E-state index in [1.807, 2.05) is 0 Å². The van der Waals surface area contributed by atoms with Crippen molar-refractivity contribution in [2.75, 3.05) is 0 Å². The molecule has 2 heterocycles. The Morgan fingerprint density at radius 1 is 0.232 bits per heavy atom. The van der Waals surface area contributed by atoms with Crippen LogP contribution in [0.4, 0.5) is 0 Å². The summed E-state index contributed by atoms with van der Waals surface area (Å²) in [5.41, 5.74) is 14.1. The molecule has 0 amide bonds. The Morgan fingerprint density at radius 3 is 1.07 bits per heavy atom. The summed E-state index contributed by atoms with van der Waals surface area (Å²) >= 11 is 0. The van der Waals surface area contributed by atoms with Crippen LogP contribution in [0, 0.1) is 0 Å². The molecule has 0 spiro atoms. The second-order valence-electron chi connectivity index (χ2n) is 18.0. The third-order valence-electron chi connectivity index (χ3n) is 14.3. The molecule has 2 nitrogen and oxygen atoms in total. The molecule has 2 aromatic heterocycles. The molecule has 0 radical (unpaired) electrons. The molecule has 0 bridgehead atoms. The molecule has 0 unspecified atom stereocenters. The van der Waals surface area contributed by atoms with Crippen molar-refractivity contribution in [3.05, 3.63) is 279 Å². The fourth-order valence-corrected chi connectivity index (χ4v) is 16.0. The average Bonchev–Trinajstić information content (AvgIpc) is 3.95. The first-order valence-electron chi connectivity index (χ1n) is 23.8. The summed E-state index contributed by atoms with van der Waals surface area (Å²) in [6.45, 7) is 0. The molecule has 0 atom stereocenters. The minimum Gasteiger partial charge on any atom is -0.309 e. The van der Waals surface area contributed by atoms with Crippen LogP contribution in [0.15, 0.2) is 279 Å². The van der Waals surface area contributed by atoms with Crippen molar-refractivity contribution in [3.63, 3.8) is 0 Å². The van der Waals surface area contributed by atoms with Crippen LogP contribution in [0.5, 0.6) is 0 Å². The van der Waals surface area contributed by atoms with Gasteiger partial charge in [0.05, 0.1) is 27.8 Å². The van der Waals surface area contributed by atoms with E-state index in [0.29, 0.717) is 0 Å². The number of hydrogen-bond acceptors (Lipinski definition) is 0. The van der Waals surface area contributed by atoms with Crippen molar-refractivity contribution in [1.29, 1.82) is 0 Å². The van der Waals surface area contributed by atoms with E-state index in [-0.39, 0.29) is 0 Å². The van der Waals surface area contributed by atoms with Crippen molar-refractivity contribution < 1.29 is 0 Å². The number of benzene rings is 11. The van der Waals surface area contributed by atoms with Gasteiger partial charge in [0.1, 0.15) is 0 Å². The van der Waals surface area contributed by atoms with E-state index in [2.05, 4.69) is 288 Å². The zero-order chi connectivity index (χ0) is 45.7. The molecule has 0 N–H and O–H groups in total. The van der Waals surface area contributed by atoms with Gasteiger partial charge in [-0.05, 0) is 73.3 Å². The molecule has 3 heteroatoms. The smallest absolute Gasteiger partial charge is 0.179 e. The molecule has 13 aromatic rings. The normalized spacial score (nSPS) is 11.8. The SMILES string of the molecule is c1ccc(-c2ccc([Si](c3ccccc3)(c3ccccc3)c3cc(-c4ccccc4)c(-n4c5ccccc5c5ccc(-n6c7ccccc7c7ccccc76)cc54)c(-c4ccccc4)c3)cc2)cc1. The molecule has 13 rings (SSSR count). The van der Waals surface area contributed by atoms with E-state index < -0.39 is 8.07 Å². The lowest BCUT2D eigenvalue weighted by Gasteiger charge is -2.36. The van der Waals surface area contributed by atoms with Crippen LogP contribution in [0.1, 0.15) is 0 Å². The van der Waals surface area contributed by atoms with Gasteiger partial charge in [-0.2, -0.15) is 0 Å². The zero-order valence-corrected chi connectivity index (χ0v) is 39.0. The molecule has 0 aliphatic carbocycles. The minimum absolute atomic E-state index is 1.13. The van der Waals surface area contributed by atoms with Gasteiger partial charge in [-0.25, -0.2) is 0 Å². The summed E-state index contributed by atoms with van der Waals surface area (Å²) in [6.07, 6.45) is 0. The van der Waals surface area contributed by atoms with Gasteiger partial charge in [-0.15, -0.1) is 0 Å². The Labute approximate surface area is 403 Å². The summed E-state index contributed by atoms with van der Waals surface area (Å²) < 4.78 is 5.01. The highest BCUT2D eigenvalue weighted by Crippen LogP contribution is 2.43. The summed E-state index contributed by atoms with van der Waals surface area (Å²) in [7, 11) is -3.08. The number of fused-ring (bicyclic) bond motifs is 6. The molecule has 69 heavy (non-hydrogen) atoms. The first-order chi connectivity index (χ1) is 34.3. The Morgan fingerprint density at radius 2 is 0.594 bits per heavy atom. The molecule has 11 aromatic carbocycles.